The van der Waals surface area contributed by atoms with Crippen LogP contribution >= 0.6 is 7.82 Å². The molecule has 0 aliphatic rings. The summed E-state index contributed by atoms with van der Waals surface area (Å²) in [5, 5.41) is 13.8. The van der Waals surface area contributed by atoms with Gasteiger partial charge in [-0.2, -0.15) is 0 Å². The Morgan fingerprint density at radius 2 is 0.889 bits per heavy atom. The number of phosphoric acid groups is 1. The van der Waals surface area contributed by atoms with Gasteiger partial charge in [0.05, 0.1) is 39.9 Å². The molecule has 0 spiro atoms. The van der Waals surface area contributed by atoms with Crippen LogP contribution < -0.4 is 10.2 Å². The Morgan fingerprint density at radius 1 is 0.540 bits per heavy atom. The van der Waals surface area contributed by atoms with Crippen molar-refractivity contribution in [2.75, 3.05) is 40.9 Å². The lowest BCUT2D eigenvalue weighted by Gasteiger charge is -2.29. The first-order valence-electron chi connectivity index (χ1n) is 26.9. The van der Waals surface area contributed by atoms with E-state index in [4.69, 9.17) is 9.05 Å². The molecule has 0 saturated carbocycles. The van der Waals surface area contributed by atoms with E-state index in [-0.39, 0.29) is 12.5 Å². The standard InChI is InChI=1S/C54H105N2O6P/c1-6-8-10-12-14-16-18-20-22-24-25-26-27-28-29-30-32-33-35-37-39-41-43-45-47-53(57)52(51-62-63(59,60)61-50-49-56(3,4)5)55-54(58)48-46-44-42-40-38-36-34-31-23-21-19-17-15-13-11-9-7-2/h21,23,37,39,45,47,52-53,57H,6-20,22,24-36,38,40-44,46,48-51H2,1-5H3,(H-,55,58,59,60)/b23-21-,39-37+,47-45+. The molecule has 1 amide bonds. The lowest BCUT2D eigenvalue weighted by Crippen LogP contribution is -2.45. The number of carbonyl (C=O) groups excluding carboxylic acids is 1. The Kier molecular flexibility index (Phi) is 44.9. The molecule has 0 aromatic heterocycles. The van der Waals surface area contributed by atoms with E-state index in [1.165, 1.54) is 193 Å². The molecule has 9 heteroatoms. The lowest BCUT2D eigenvalue weighted by atomic mass is 10.0. The van der Waals surface area contributed by atoms with Crippen molar-refractivity contribution in [3.05, 3.63) is 36.5 Å². The summed E-state index contributed by atoms with van der Waals surface area (Å²) in [6, 6.07) is -0.905. The maximum Gasteiger partial charge on any atom is 0.268 e. The molecule has 0 radical (unpaired) electrons. The van der Waals surface area contributed by atoms with Crippen molar-refractivity contribution in [3.8, 4) is 0 Å². The van der Waals surface area contributed by atoms with Crippen molar-refractivity contribution in [2.45, 2.75) is 264 Å². The number of hydrogen-bond donors (Lipinski definition) is 2. The molecule has 0 heterocycles. The average Bonchev–Trinajstić information content (AvgIpc) is 3.24. The first kappa shape index (κ1) is 61.7. The van der Waals surface area contributed by atoms with Crippen LogP contribution in [0.3, 0.4) is 0 Å². The van der Waals surface area contributed by atoms with Gasteiger partial charge in [-0.3, -0.25) is 9.36 Å². The van der Waals surface area contributed by atoms with Crippen molar-refractivity contribution in [1.29, 1.82) is 0 Å². The first-order valence-corrected chi connectivity index (χ1v) is 28.3. The summed E-state index contributed by atoms with van der Waals surface area (Å²) < 4.78 is 23.3. The normalized spacial score (nSPS) is 14.3. The van der Waals surface area contributed by atoms with Gasteiger partial charge in [0.25, 0.3) is 7.82 Å². The maximum atomic E-state index is 12.9. The zero-order valence-electron chi connectivity index (χ0n) is 42.3. The molecule has 0 saturated heterocycles. The summed E-state index contributed by atoms with van der Waals surface area (Å²) >= 11 is 0. The van der Waals surface area contributed by atoms with Gasteiger partial charge in [0.15, 0.2) is 0 Å². The van der Waals surface area contributed by atoms with Crippen LogP contribution in [0.5, 0.6) is 0 Å². The fourth-order valence-corrected chi connectivity index (χ4v) is 8.53. The molecule has 0 aromatic carbocycles. The smallest absolute Gasteiger partial charge is 0.268 e. The molecule has 0 aliphatic heterocycles. The second-order valence-electron chi connectivity index (χ2n) is 19.6. The number of carbonyl (C=O) groups is 1. The number of nitrogens with zero attached hydrogens (tertiary/aromatic N) is 1. The largest absolute Gasteiger partial charge is 0.756 e. The second kappa shape index (κ2) is 45.9. The van der Waals surface area contributed by atoms with E-state index in [1.54, 1.807) is 6.08 Å². The van der Waals surface area contributed by atoms with Crippen molar-refractivity contribution in [2.24, 2.45) is 0 Å². The number of rotatable bonds is 49. The van der Waals surface area contributed by atoms with E-state index >= 15 is 0 Å². The molecule has 372 valence electrons. The number of amides is 1. The van der Waals surface area contributed by atoms with Crippen LogP contribution in [-0.4, -0.2) is 68.5 Å². The molecule has 0 rings (SSSR count). The van der Waals surface area contributed by atoms with Gasteiger partial charge in [0.1, 0.15) is 13.2 Å². The van der Waals surface area contributed by atoms with E-state index in [1.807, 2.05) is 27.2 Å². The third-order valence-corrected chi connectivity index (χ3v) is 13.0. The number of quaternary nitrogens is 1. The van der Waals surface area contributed by atoms with Crippen LogP contribution in [0.25, 0.3) is 0 Å². The number of aliphatic hydroxyl groups is 1. The zero-order chi connectivity index (χ0) is 46.4. The number of allylic oxidation sites excluding steroid dienone is 5. The van der Waals surface area contributed by atoms with Gasteiger partial charge in [-0.25, -0.2) is 0 Å². The summed E-state index contributed by atoms with van der Waals surface area (Å²) in [6.45, 7) is 4.64. The Hall–Kier alpha value is -1.28. The maximum absolute atomic E-state index is 12.9. The van der Waals surface area contributed by atoms with E-state index in [9.17, 15) is 19.4 Å². The average molecular weight is 909 g/mol. The monoisotopic (exact) mass is 909 g/mol. The van der Waals surface area contributed by atoms with E-state index in [0.29, 0.717) is 17.4 Å². The predicted octanol–water partition coefficient (Wildman–Crippen LogP) is 15.2. The Bertz CT molecular complexity index is 1120. The van der Waals surface area contributed by atoms with E-state index in [0.717, 1.165) is 38.5 Å². The summed E-state index contributed by atoms with van der Waals surface area (Å²) in [7, 11) is 1.25. The molecule has 8 nitrogen and oxygen atoms in total. The highest BCUT2D eigenvalue weighted by atomic mass is 31.2. The fraction of sp³-hybridized carbons (Fsp3) is 0.870. The molecular weight excluding hydrogens is 804 g/mol. The summed E-state index contributed by atoms with van der Waals surface area (Å²) in [5.41, 5.74) is 0. The van der Waals surface area contributed by atoms with Gasteiger partial charge >= 0.3 is 0 Å². The molecular formula is C54H105N2O6P. The summed E-state index contributed by atoms with van der Waals surface area (Å²) in [5.74, 6) is -0.210. The number of nitrogens with one attached hydrogen (secondary N) is 1. The Labute approximate surface area is 391 Å². The predicted molar refractivity (Wildman–Crippen MR) is 270 cm³/mol. The Balaban J connectivity index is 4.30. The molecule has 0 aromatic rings. The van der Waals surface area contributed by atoms with Crippen LogP contribution in [-0.2, 0) is 18.4 Å². The van der Waals surface area contributed by atoms with Crippen molar-refractivity contribution in [1.82, 2.24) is 5.32 Å². The van der Waals surface area contributed by atoms with Crippen LogP contribution in [0.1, 0.15) is 251 Å². The van der Waals surface area contributed by atoms with Gasteiger partial charge < -0.3 is 28.8 Å². The minimum absolute atomic E-state index is 0.00677. The number of likely N-dealkylation sites (N-methyl/N-ethyl adjacent to an activating group) is 1. The summed E-state index contributed by atoms with van der Waals surface area (Å²) in [4.78, 5) is 25.4. The van der Waals surface area contributed by atoms with Gasteiger partial charge in [-0.1, -0.05) is 224 Å². The van der Waals surface area contributed by atoms with Crippen molar-refractivity contribution < 1.29 is 32.9 Å². The second-order valence-corrected chi connectivity index (χ2v) is 21.0. The SMILES string of the molecule is CCCCCCCC/C=C\CCCCCCCCCC(=O)NC(COP(=O)([O-])OCC[N+](C)(C)C)C(O)/C=C/CC/C=C/CCCCCCCCCCCCCCCCCCCC. The summed E-state index contributed by atoms with van der Waals surface area (Å²) in [6.07, 6.45) is 57.8. The van der Waals surface area contributed by atoms with Crippen LogP contribution in [0, 0.1) is 0 Å². The van der Waals surface area contributed by atoms with E-state index in [2.05, 4.69) is 43.5 Å². The minimum Gasteiger partial charge on any atom is -0.756 e. The molecule has 3 unspecified atom stereocenters. The minimum atomic E-state index is -4.60. The first-order chi connectivity index (χ1) is 30.5. The molecule has 0 fully saturated rings. The van der Waals surface area contributed by atoms with Crippen molar-refractivity contribution in [3.63, 3.8) is 0 Å². The van der Waals surface area contributed by atoms with Gasteiger partial charge in [-0.15, -0.1) is 0 Å². The van der Waals surface area contributed by atoms with E-state index < -0.39 is 26.6 Å². The zero-order valence-corrected chi connectivity index (χ0v) is 43.2. The number of unbranched alkanes of at least 4 members (excludes halogenated alkanes) is 32. The fourth-order valence-electron chi connectivity index (χ4n) is 7.81. The van der Waals surface area contributed by atoms with Gasteiger partial charge in [0.2, 0.25) is 5.91 Å². The van der Waals surface area contributed by atoms with Gasteiger partial charge in [-0.05, 0) is 57.8 Å². The molecule has 63 heavy (non-hydrogen) atoms. The van der Waals surface area contributed by atoms with Crippen LogP contribution in [0.4, 0.5) is 0 Å². The highest BCUT2D eigenvalue weighted by Crippen LogP contribution is 2.38. The third kappa shape index (κ3) is 48.5. The molecule has 2 N–H and O–H groups in total. The Morgan fingerprint density at radius 3 is 1.29 bits per heavy atom. The molecule has 0 aliphatic carbocycles. The number of phosphoric ester groups is 1. The molecule has 0 bridgehead atoms. The quantitative estimate of drug-likeness (QED) is 0.0272. The van der Waals surface area contributed by atoms with Crippen molar-refractivity contribution >= 4 is 13.7 Å². The van der Waals surface area contributed by atoms with Crippen LogP contribution in [0.2, 0.25) is 0 Å². The number of hydrogen-bond acceptors (Lipinski definition) is 6. The van der Waals surface area contributed by atoms with Crippen LogP contribution in [0.15, 0.2) is 36.5 Å². The van der Waals surface area contributed by atoms with Gasteiger partial charge in [0, 0.05) is 6.42 Å². The highest BCUT2D eigenvalue weighted by molar-refractivity contribution is 7.45. The highest BCUT2D eigenvalue weighted by Gasteiger charge is 2.23. The topological polar surface area (TPSA) is 108 Å². The lowest BCUT2D eigenvalue weighted by molar-refractivity contribution is -0.870. The number of aliphatic hydroxyl groups excluding tert-OH is 1. The third-order valence-electron chi connectivity index (χ3n) is 12.1. The molecule has 3 atom stereocenters.